The van der Waals surface area contributed by atoms with Crippen molar-refractivity contribution in [2.24, 2.45) is 0 Å². The molecule has 1 aliphatic carbocycles. The molecule has 0 radical (unpaired) electrons. The number of anilines is 3. The molecule has 1 saturated carbocycles. The number of benzene rings is 2. The second-order valence-electron chi connectivity index (χ2n) is 9.26. The number of nitrogens with two attached hydrogens (primary N) is 1. The Bertz CT molecular complexity index is 1610. The van der Waals surface area contributed by atoms with Crippen LogP contribution in [-0.4, -0.2) is 31.1 Å². The lowest BCUT2D eigenvalue weighted by Crippen LogP contribution is -2.29. The molecule has 2 aromatic heterocycles. The van der Waals surface area contributed by atoms with Gasteiger partial charge >= 0.3 is 0 Å². The molecule has 0 bridgehead atoms. The van der Waals surface area contributed by atoms with Crippen LogP contribution in [0.2, 0.25) is 0 Å². The molecule has 194 valence electrons. The van der Waals surface area contributed by atoms with Crippen molar-refractivity contribution in [2.75, 3.05) is 16.4 Å². The fourth-order valence-electron chi connectivity index (χ4n) is 4.46. The van der Waals surface area contributed by atoms with Crippen molar-refractivity contribution in [1.82, 2.24) is 19.5 Å². The molecular formula is C27H27FN8O2. The number of carbonyl (C=O) groups is 1. The number of nitrogens with one attached hydrogen (secondary N) is 3. The lowest BCUT2D eigenvalue weighted by molar-refractivity contribution is -0.114. The standard InChI is InChI=1S/C27H27FN8O2/c1-3-20(26-35-21-11-6-16(28)12-19(21)27(38)36(26)18-9-10-18)34-25-22(24(30)31-13-32-25)23(29)15-4-7-17(8-5-15)33-14(2)37/h4-8,11-13,18,20,29H,3,9-10H2,1-2H3,(H,33,37)(H3,30,31,32,34). The summed E-state index contributed by atoms with van der Waals surface area (Å²) in [5.74, 6) is 0.295. The second kappa shape index (κ2) is 10.0. The van der Waals surface area contributed by atoms with Gasteiger partial charge in [0, 0.05) is 24.2 Å². The number of fused-ring (bicyclic) bond motifs is 1. The van der Waals surface area contributed by atoms with Crippen LogP contribution < -0.4 is 21.9 Å². The maximum atomic E-state index is 13.9. The quantitative estimate of drug-likeness (QED) is 0.257. The fourth-order valence-corrected chi connectivity index (χ4v) is 4.46. The molecule has 1 fully saturated rings. The molecule has 1 atom stereocenters. The van der Waals surface area contributed by atoms with Gasteiger partial charge in [0.1, 0.15) is 29.6 Å². The molecule has 10 nitrogen and oxygen atoms in total. The van der Waals surface area contributed by atoms with Crippen LogP contribution in [0.1, 0.15) is 62.1 Å². The molecule has 4 aromatic rings. The molecular weight excluding hydrogens is 487 g/mol. The van der Waals surface area contributed by atoms with Gasteiger partial charge in [0.25, 0.3) is 5.56 Å². The zero-order valence-corrected chi connectivity index (χ0v) is 21.0. The molecule has 1 aliphatic rings. The molecule has 5 N–H and O–H groups in total. The number of nitrogens with zero attached hydrogens (tertiary/aromatic N) is 4. The summed E-state index contributed by atoms with van der Waals surface area (Å²) in [6.07, 6.45) is 3.55. The van der Waals surface area contributed by atoms with Crippen LogP contribution in [0.15, 0.2) is 53.6 Å². The average Bonchev–Trinajstić information content (AvgIpc) is 3.72. The van der Waals surface area contributed by atoms with Crippen LogP contribution in [0.25, 0.3) is 10.9 Å². The summed E-state index contributed by atoms with van der Waals surface area (Å²) in [6, 6.07) is 10.4. The van der Waals surface area contributed by atoms with Gasteiger partial charge in [-0.25, -0.2) is 19.3 Å². The Balaban J connectivity index is 1.54. The summed E-state index contributed by atoms with van der Waals surface area (Å²) >= 11 is 0. The van der Waals surface area contributed by atoms with Gasteiger partial charge in [0.15, 0.2) is 0 Å². The first kappa shape index (κ1) is 25.0. The van der Waals surface area contributed by atoms with Crippen LogP contribution in [-0.2, 0) is 4.79 Å². The minimum atomic E-state index is -0.485. The lowest BCUT2D eigenvalue weighted by atomic mass is 10.0. The highest BCUT2D eigenvalue weighted by Crippen LogP contribution is 2.37. The number of hydrogen-bond donors (Lipinski definition) is 4. The van der Waals surface area contributed by atoms with E-state index in [0.717, 1.165) is 12.8 Å². The van der Waals surface area contributed by atoms with Crippen LogP contribution >= 0.6 is 0 Å². The van der Waals surface area contributed by atoms with Gasteiger partial charge in [-0.15, -0.1) is 0 Å². The van der Waals surface area contributed by atoms with E-state index in [4.69, 9.17) is 16.1 Å². The van der Waals surface area contributed by atoms with E-state index >= 15 is 0 Å². The molecule has 2 heterocycles. The first-order chi connectivity index (χ1) is 18.3. The molecule has 0 aliphatic heterocycles. The molecule has 38 heavy (non-hydrogen) atoms. The first-order valence-corrected chi connectivity index (χ1v) is 12.3. The highest BCUT2D eigenvalue weighted by Gasteiger charge is 2.31. The predicted molar refractivity (Wildman–Crippen MR) is 144 cm³/mol. The number of halogens is 1. The number of rotatable bonds is 8. The Morgan fingerprint density at radius 2 is 1.95 bits per heavy atom. The van der Waals surface area contributed by atoms with Gasteiger partial charge in [-0.05, 0) is 49.6 Å². The topological polar surface area (TPSA) is 152 Å². The summed E-state index contributed by atoms with van der Waals surface area (Å²) in [7, 11) is 0. The monoisotopic (exact) mass is 514 g/mol. The van der Waals surface area contributed by atoms with E-state index in [9.17, 15) is 14.0 Å². The van der Waals surface area contributed by atoms with Crippen molar-refractivity contribution in [3.8, 4) is 0 Å². The Labute approximate surface area is 217 Å². The summed E-state index contributed by atoms with van der Waals surface area (Å²) in [5.41, 5.74) is 7.92. The number of aromatic nitrogens is 4. The van der Waals surface area contributed by atoms with Crippen LogP contribution in [0.3, 0.4) is 0 Å². The van der Waals surface area contributed by atoms with Gasteiger partial charge in [0.2, 0.25) is 5.91 Å². The summed E-state index contributed by atoms with van der Waals surface area (Å²) < 4.78 is 15.6. The van der Waals surface area contributed by atoms with E-state index in [-0.39, 0.29) is 34.4 Å². The largest absolute Gasteiger partial charge is 0.383 e. The lowest BCUT2D eigenvalue weighted by Gasteiger charge is -2.23. The molecule has 11 heteroatoms. The zero-order valence-electron chi connectivity index (χ0n) is 21.0. The van der Waals surface area contributed by atoms with Crippen molar-refractivity contribution in [1.29, 1.82) is 5.41 Å². The smallest absolute Gasteiger partial charge is 0.261 e. The van der Waals surface area contributed by atoms with E-state index < -0.39 is 11.9 Å². The third-order valence-electron chi connectivity index (χ3n) is 6.45. The van der Waals surface area contributed by atoms with Gasteiger partial charge in [-0.2, -0.15) is 0 Å². The molecule has 0 spiro atoms. The van der Waals surface area contributed by atoms with Crippen molar-refractivity contribution < 1.29 is 9.18 Å². The molecule has 5 rings (SSSR count). The Morgan fingerprint density at radius 3 is 2.61 bits per heavy atom. The Kier molecular flexibility index (Phi) is 6.58. The maximum Gasteiger partial charge on any atom is 0.261 e. The summed E-state index contributed by atoms with van der Waals surface area (Å²) in [6.45, 7) is 3.37. The Morgan fingerprint density at radius 1 is 1.21 bits per heavy atom. The van der Waals surface area contributed by atoms with Gasteiger partial charge < -0.3 is 16.4 Å². The summed E-state index contributed by atoms with van der Waals surface area (Å²) in [4.78, 5) is 38.0. The van der Waals surface area contributed by atoms with Crippen molar-refractivity contribution >= 4 is 39.8 Å². The number of hydrogen-bond acceptors (Lipinski definition) is 8. The van der Waals surface area contributed by atoms with Crippen molar-refractivity contribution in [3.63, 3.8) is 0 Å². The number of nitrogen functional groups attached to an aromatic ring is 1. The third-order valence-corrected chi connectivity index (χ3v) is 6.45. The number of amides is 1. The third kappa shape index (κ3) is 4.82. The molecule has 1 unspecified atom stereocenters. The van der Waals surface area contributed by atoms with E-state index in [1.807, 2.05) is 6.92 Å². The van der Waals surface area contributed by atoms with E-state index in [1.165, 1.54) is 31.5 Å². The van der Waals surface area contributed by atoms with Crippen molar-refractivity contribution in [3.05, 3.63) is 81.9 Å². The molecule has 0 saturated heterocycles. The zero-order chi connectivity index (χ0) is 27.0. The minimum Gasteiger partial charge on any atom is -0.383 e. The minimum absolute atomic E-state index is 0.00359. The Hall–Kier alpha value is -4.67. The average molecular weight is 515 g/mol. The fraction of sp³-hybridized carbons (Fsp3) is 0.259. The van der Waals surface area contributed by atoms with E-state index in [1.54, 1.807) is 28.8 Å². The second-order valence-corrected chi connectivity index (χ2v) is 9.26. The maximum absolute atomic E-state index is 13.9. The van der Waals surface area contributed by atoms with E-state index in [0.29, 0.717) is 40.4 Å². The first-order valence-electron chi connectivity index (χ1n) is 12.3. The van der Waals surface area contributed by atoms with Gasteiger partial charge in [-0.3, -0.25) is 19.6 Å². The van der Waals surface area contributed by atoms with Crippen LogP contribution in [0.5, 0.6) is 0 Å². The van der Waals surface area contributed by atoms with Gasteiger partial charge in [0.05, 0.1) is 28.2 Å². The van der Waals surface area contributed by atoms with E-state index in [2.05, 4.69) is 20.6 Å². The normalized spacial score (nSPS) is 13.8. The SMILES string of the molecule is CCC(Nc1ncnc(N)c1C(=N)c1ccc(NC(C)=O)cc1)c1nc2ccc(F)cc2c(=O)n1C1CC1. The number of carbonyl (C=O) groups excluding carboxylic acids is 1. The summed E-state index contributed by atoms with van der Waals surface area (Å²) in [5, 5.41) is 15.1. The van der Waals surface area contributed by atoms with Crippen LogP contribution in [0, 0.1) is 11.2 Å². The van der Waals surface area contributed by atoms with Crippen molar-refractivity contribution in [2.45, 2.75) is 45.2 Å². The highest BCUT2D eigenvalue weighted by atomic mass is 19.1. The molecule has 2 aromatic carbocycles. The molecule has 1 amide bonds. The van der Waals surface area contributed by atoms with Crippen LogP contribution in [0.4, 0.5) is 21.7 Å². The predicted octanol–water partition coefficient (Wildman–Crippen LogP) is 4.18. The van der Waals surface area contributed by atoms with Gasteiger partial charge in [-0.1, -0.05) is 19.1 Å². The highest BCUT2D eigenvalue weighted by molar-refractivity contribution is 6.16.